The van der Waals surface area contributed by atoms with E-state index >= 15 is 0 Å². The summed E-state index contributed by atoms with van der Waals surface area (Å²) in [5.74, 6) is 0.589. The Kier molecular flexibility index (Phi) is 4.77. The molecule has 1 aromatic carbocycles. The Labute approximate surface area is 135 Å². The molecule has 0 bridgehead atoms. The van der Waals surface area contributed by atoms with Crippen LogP contribution in [0.2, 0.25) is 5.02 Å². The highest BCUT2D eigenvalue weighted by molar-refractivity contribution is 6.35. The quantitative estimate of drug-likeness (QED) is 0.791. The van der Waals surface area contributed by atoms with Crippen LogP contribution in [0.15, 0.2) is 24.4 Å². The number of hydrogen-bond donors (Lipinski definition) is 0. The van der Waals surface area contributed by atoms with Crippen LogP contribution in [0, 0.1) is 11.3 Å². The molecule has 1 aromatic heterocycles. The van der Waals surface area contributed by atoms with Crippen LogP contribution in [0.3, 0.4) is 0 Å². The first-order valence-corrected chi connectivity index (χ1v) is 7.99. The second-order valence-electron chi connectivity index (χ2n) is 5.52. The fraction of sp³-hybridized carbons (Fsp3) is 0.412. The molecule has 0 spiro atoms. The Morgan fingerprint density at radius 2 is 2.14 bits per heavy atom. The Bertz CT molecular complexity index is 705. The van der Waals surface area contributed by atoms with Gasteiger partial charge in [0.05, 0.1) is 22.7 Å². The van der Waals surface area contributed by atoms with Gasteiger partial charge in [0, 0.05) is 24.2 Å². The lowest BCUT2D eigenvalue weighted by Gasteiger charge is -2.15. The van der Waals surface area contributed by atoms with Gasteiger partial charge in [0.15, 0.2) is 0 Å². The van der Waals surface area contributed by atoms with Crippen molar-refractivity contribution < 1.29 is 4.74 Å². The zero-order valence-corrected chi connectivity index (χ0v) is 13.1. The standard InChI is InChI=1S/C17H18ClN3O/c18-15-4-5-20-16-11-17(13(12-19)10-14(15)16)22-9-3-8-21-6-1-2-7-21/h4-5,10-11H,1-3,6-9H2. The van der Waals surface area contributed by atoms with Crippen molar-refractivity contribution in [2.45, 2.75) is 19.3 Å². The minimum absolute atomic E-state index is 0.503. The third kappa shape index (κ3) is 3.32. The number of pyridine rings is 1. The molecule has 0 atom stereocenters. The van der Waals surface area contributed by atoms with Gasteiger partial charge in [0.25, 0.3) is 0 Å². The molecule has 0 N–H and O–H groups in total. The maximum Gasteiger partial charge on any atom is 0.139 e. The molecule has 0 aliphatic carbocycles. The highest BCUT2D eigenvalue weighted by atomic mass is 35.5. The normalized spacial score (nSPS) is 15.1. The van der Waals surface area contributed by atoms with E-state index in [1.165, 1.54) is 25.9 Å². The van der Waals surface area contributed by atoms with Crippen LogP contribution in [0.1, 0.15) is 24.8 Å². The lowest BCUT2D eigenvalue weighted by molar-refractivity contribution is 0.263. The molecule has 114 valence electrons. The van der Waals surface area contributed by atoms with Gasteiger partial charge in [-0.15, -0.1) is 0 Å². The van der Waals surface area contributed by atoms with Crippen molar-refractivity contribution in [1.29, 1.82) is 5.26 Å². The number of nitrogens with zero attached hydrogens (tertiary/aromatic N) is 3. The molecule has 1 aliphatic rings. The molecule has 5 heteroatoms. The number of hydrogen-bond acceptors (Lipinski definition) is 4. The average Bonchev–Trinajstić information content (AvgIpc) is 3.04. The number of fused-ring (bicyclic) bond motifs is 1. The summed E-state index contributed by atoms with van der Waals surface area (Å²) in [7, 11) is 0. The zero-order valence-electron chi connectivity index (χ0n) is 12.4. The summed E-state index contributed by atoms with van der Waals surface area (Å²) in [6, 6.07) is 7.45. The number of ether oxygens (including phenoxy) is 1. The molecule has 3 rings (SSSR count). The van der Waals surface area contributed by atoms with Gasteiger partial charge in [-0.25, -0.2) is 0 Å². The maximum atomic E-state index is 9.30. The third-order valence-corrected chi connectivity index (χ3v) is 4.31. The van der Waals surface area contributed by atoms with Crippen LogP contribution >= 0.6 is 11.6 Å². The van der Waals surface area contributed by atoms with Gasteiger partial charge in [-0.2, -0.15) is 5.26 Å². The van der Waals surface area contributed by atoms with Crippen LogP contribution in [0.25, 0.3) is 10.9 Å². The predicted molar refractivity (Wildman–Crippen MR) is 87.3 cm³/mol. The molecule has 2 heterocycles. The lowest BCUT2D eigenvalue weighted by atomic mass is 10.1. The summed E-state index contributed by atoms with van der Waals surface area (Å²) in [4.78, 5) is 6.74. The van der Waals surface area contributed by atoms with E-state index in [0.717, 1.165) is 23.9 Å². The first-order valence-electron chi connectivity index (χ1n) is 7.61. The van der Waals surface area contributed by atoms with Gasteiger partial charge < -0.3 is 9.64 Å². The van der Waals surface area contributed by atoms with E-state index in [-0.39, 0.29) is 0 Å². The van der Waals surface area contributed by atoms with Crippen LogP contribution < -0.4 is 4.74 Å². The summed E-state index contributed by atoms with van der Waals surface area (Å²) in [6.07, 6.45) is 5.23. The summed E-state index contributed by atoms with van der Waals surface area (Å²) < 4.78 is 5.80. The predicted octanol–water partition coefficient (Wildman–Crippen LogP) is 3.62. The highest BCUT2D eigenvalue weighted by Gasteiger charge is 2.12. The number of benzene rings is 1. The second kappa shape index (κ2) is 6.95. The smallest absolute Gasteiger partial charge is 0.139 e. The van der Waals surface area contributed by atoms with Gasteiger partial charge in [0.2, 0.25) is 0 Å². The van der Waals surface area contributed by atoms with Crippen molar-refractivity contribution in [2.24, 2.45) is 0 Å². The van der Waals surface area contributed by atoms with Crippen molar-refractivity contribution in [3.8, 4) is 11.8 Å². The molecule has 1 saturated heterocycles. The Hall–Kier alpha value is -1.83. The van der Waals surface area contributed by atoms with Crippen molar-refractivity contribution >= 4 is 22.5 Å². The van der Waals surface area contributed by atoms with Gasteiger partial charge >= 0.3 is 0 Å². The van der Waals surface area contributed by atoms with Gasteiger partial charge in [-0.1, -0.05) is 11.6 Å². The third-order valence-electron chi connectivity index (χ3n) is 3.99. The molecule has 22 heavy (non-hydrogen) atoms. The summed E-state index contributed by atoms with van der Waals surface area (Å²) in [5, 5.41) is 10.7. The van der Waals surface area contributed by atoms with Crippen molar-refractivity contribution in [3.63, 3.8) is 0 Å². The summed E-state index contributed by atoms with van der Waals surface area (Å²) in [6.45, 7) is 4.06. The number of rotatable bonds is 5. The van der Waals surface area contributed by atoms with Gasteiger partial charge in [-0.05, 0) is 44.5 Å². The monoisotopic (exact) mass is 315 g/mol. The van der Waals surface area contributed by atoms with Crippen molar-refractivity contribution in [2.75, 3.05) is 26.2 Å². The number of aromatic nitrogens is 1. The minimum atomic E-state index is 0.503. The molecule has 1 aliphatic heterocycles. The molecule has 0 saturated carbocycles. The molecule has 0 unspecified atom stereocenters. The van der Waals surface area contributed by atoms with Crippen molar-refractivity contribution in [1.82, 2.24) is 9.88 Å². The number of likely N-dealkylation sites (tertiary alicyclic amines) is 1. The fourth-order valence-electron chi connectivity index (χ4n) is 2.82. The molecule has 0 amide bonds. The fourth-order valence-corrected chi connectivity index (χ4v) is 3.03. The number of nitriles is 1. The van der Waals surface area contributed by atoms with Gasteiger partial charge in [-0.3, -0.25) is 4.98 Å². The number of halogens is 1. The Balaban J connectivity index is 1.68. The van der Waals surface area contributed by atoms with Crippen LogP contribution in [0.5, 0.6) is 5.75 Å². The van der Waals surface area contributed by atoms with E-state index in [4.69, 9.17) is 16.3 Å². The summed E-state index contributed by atoms with van der Waals surface area (Å²) in [5.41, 5.74) is 1.25. The zero-order chi connectivity index (χ0) is 15.4. The topological polar surface area (TPSA) is 49.1 Å². The minimum Gasteiger partial charge on any atom is -0.492 e. The van der Waals surface area contributed by atoms with E-state index in [0.29, 0.717) is 22.9 Å². The van der Waals surface area contributed by atoms with E-state index < -0.39 is 0 Å². The van der Waals surface area contributed by atoms with E-state index in [1.54, 1.807) is 24.4 Å². The van der Waals surface area contributed by atoms with E-state index in [9.17, 15) is 5.26 Å². The molecule has 4 nitrogen and oxygen atoms in total. The highest BCUT2D eigenvalue weighted by Crippen LogP contribution is 2.28. The molecule has 0 radical (unpaired) electrons. The maximum absolute atomic E-state index is 9.30. The largest absolute Gasteiger partial charge is 0.492 e. The van der Waals surface area contributed by atoms with Crippen LogP contribution in [0.4, 0.5) is 0 Å². The molecular formula is C17H18ClN3O. The lowest BCUT2D eigenvalue weighted by Crippen LogP contribution is -2.22. The average molecular weight is 316 g/mol. The SMILES string of the molecule is N#Cc1cc2c(Cl)ccnc2cc1OCCCN1CCCC1. The second-order valence-corrected chi connectivity index (χ2v) is 5.93. The van der Waals surface area contributed by atoms with Crippen LogP contribution in [-0.4, -0.2) is 36.1 Å². The first-order chi connectivity index (χ1) is 10.8. The summed E-state index contributed by atoms with van der Waals surface area (Å²) >= 11 is 6.14. The van der Waals surface area contributed by atoms with E-state index in [1.807, 2.05) is 0 Å². The van der Waals surface area contributed by atoms with Crippen molar-refractivity contribution in [3.05, 3.63) is 35.0 Å². The Morgan fingerprint density at radius 3 is 2.91 bits per heavy atom. The van der Waals surface area contributed by atoms with Crippen LogP contribution in [-0.2, 0) is 0 Å². The molecule has 2 aromatic rings. The van der Waals surface area contributed by atoms with E-state index in [2.05, 4.69) is 16.0 Å². The van der Waals surface area contributed by atoms with Gasteiger partial charge in [0.1, 0.15) is 11.8 Å². The Morgan fingerprint density at radius 1 is 1.32 bits per heavy atom. The molecule has 1 fully saturated rings. The molecular weight excluding hydrogens is 298 g/mol. The first kappa shape index (κ1) is 15.1.